The van der Waals surface area contributed by atoms with E-state index >= 15 is 0 Å². The Morgan fingerprint density at radius 2 is 1.78 bits per heavy atom. The SMILES string of the molecule is CCOC(=O)c1nn(CC2(c3cccc(C(F)(F)F)c3)CCCC2)c(C)c(OCc2ccccc2)c1=O. The molecule has 6 nitrogen and oxygen atoms in total. The second-order valence-corrected chi connectivity index (χ2v) is 9.31. The Morgan fingerprint density at radius 3 is 2.43 bits per heavy atom. The van der Waals surface area contributed by atoms with Gasteiger partial charge in [0, 0.05) is 5.41 Å². The number of esters is 1. The smallest absolute Gasteiger partial charge is 0.416 e. The molecule has 0 aliphatic heterocycles. The van der Waals surface area contributed by atoms with E-state index in [1.165, 1.54) is 16.8 Å². The molecule has 196 valence electrons. The van der Waals surface area contributed by atoms with E-state index in [1.54, 1.807) is 19.9 Å². The van der Waals surface area contributed by atoms with Crippen LogP contribution in [-0.4, -0.2) is 22.4 Å². The minimum absolute atomic E-state index is 0.0286. The number of rotatable bonds is 8. The number of carbonyl (C=O) groups is 1. The monoisotopic (exact) mass is 514 g/mol. The Labute approximate surface area is 213 Å². The third-order valence-corrected chi connectivity index (χ3v) is 6.87. The summed E-state index contributed by atoms with van der Waals surface area (Å²) in [5.41, 5.74) is -0.651. The molecule has 1 saturated carbocycles. The summed E-state index contributed by atoms with van der Waals surface area (Å²) in [7, 11) is 0. The fourth-order valence-corrected chi connectivity index (χ4v) is 4.92. The van der Waals surface area contributed by atoms with Crippen LogP contribution in [0.3, 0.4) is 0 Å². The number of ether oxygens (including phenoxy) is 2. The van der Waals surface area contributed by atoms with E-state index in [2.05, 4.69) is 5.10 Å². The van der Waals surface area contributed by atoms with Crippen LogP contribution >= 0.6 is 0 Å². The van der Waals surface area contributed by atoms with Crippen LogP contribution in [0.5, 0.6) is 5.75 Å². The topological polar surface area (TPSA) is 70.4 Å². The van der Waals surface area contributed by atoms with Gasteiger partial charge in [0.1, 0.15) is 6.61 Å². The molecule has 0 radical (unpaired) electrons. The Kier molecular flexibility index (Phi) is 7.71. The number of benzene rings is 2. The van der Waals surface area contributed by atoms with Gasteiger partial charge in [-0.25, -0.2) is 4.79 Å². The summed E-state index contributed by atoms with van der Waals surface area (Å²) in [6.07, 6.45) is -1.47. The molecule has 1 aliphatic rings. The van der Waals surface area contributed by atoms with Crippen molar-refractivity contribution in [3.63, 3.8) is 0 Å². The molecule has 1 heterocycles. The third kappa shape index (κ3) is 5.70. The van der Waals surface area contributed by atoms with Gasteiger partial charge in [-0.3, -0.25) is 9.48 Å². The number of alkyl halides is 3. The Hall–Kier alpha value is -3.62. The first-order chi connectivity index (χ1) is 17.6. The first-order valence-electron chi connectivity index (χ1n) is 12.3. The predicted molar refractivity (Wildman–Crippen MR) is 132 cm³/mol. The largest absolute Gasteiger partial charge is 0.483 e. The van der Waals surface area contributed by atoms with Gasteiger partial charge in [-0.1, -0.05) is 61.4 Å². The molecule has 0 saturated heterocycles. The summed E-state index contributed by atoms with van der Waals surface area (Å²) in [6.45, 7) is 3.63. The summed E-state index contributed by atoms with van der Waals surface area (Å²) >= 11 is 0. The van der Waals surface area contributed by atoms with Crippen molar-refractivity contribution in [1.29, 1.82) is 0 Å². The highest BCUT2D eigenvalue weighted by Crippen LogP contribution is 2.44. The van der Waals surface area contributed by atoms with Gasteiger partial charge in [-0.05, 0) is 43.9 Å². The highest BCUT2D eigenvalue weighted by atomic mass is 19.4. The average Bonchev–Trinajstić information content (AvgIpc) is 3.36. The molecule has 1 fully saturated rings. The summed E-state index contributed by atoms with van der Waals surface area (Å²) in [5.74, 6) is -0.899. The van der Waals surface area contributed by atoms with Crippen molar-refractivity contribution in [2.24, 2.45) is 0 Å². The molecule has 9 heteroatoms. The van der Waals surface area contributed by atoms with Crippen molar-refractivity contribution in [2.45, 2.75) is 64.3 Å². The van der Waals surface area contributed by atoms with Crippen molar-refractivity contribution in [2.75, 3.05) is 6.61 Å². The lowest BCUT2D eigenvalue weighted by atomic mass is 9.78. The van der Waals surface area contributed by atoms with E-state index in [9.17, 15) is 22.8 Å². The molecule has 0 bridgehead atoms. The second kappa shape index (κ2) is 10.8. The van der Waals surface area contributed by atoms with Crippen LogP contribution < -0.4 is 10.2 Å². The zero-order chi connectivity index (χ0) is 26.6. The Balaban J connectivity index is 1.78. The molecule has 2 aromatic carbocycles. The first-order valence-corrected chi connectivity index (χ1v) is 12.3. The van der Waals surface area contributed by atoms with Crippen molar-refractivity contribution in [1.82, 2.24) is 9.78 Å². The molecule has 0 unspecified atom stereocenters. The van der Waals surface area contributed by atoms with Crippen LogP contribution in [0.2, 0.25) is 0 Å². The molecule has 37 heavy (non-hydrogen) atoms. The molecule has 4 rings (SSSR count). The quantitative estimate of drug-likeness (QED) is 0.354. The minimum Gasteiger partial charge on any atom is -0.483 e. The van der Waals surface area contributed by atoms with Gasteiger partial charge in [0.2, 0.25) is 5.69 Å². The normalized spacial score (nSPS) is 14.9. The van der Waals surface area contributed by atoms with Crippen molar-refractivity contribution in [3.8, 4) is 5.75 Å². The zero-order valence-electron chi connectivity index (χ0n) is 20.8. The fourth-order valence-electron chi connectivity index (χ4n) is 4.92. The number of aromatic nitrogens is 2. The molecule has 0 amide bonds. The first kappa shape index (κ1) is 26.4. The lowest BCUT2D eigenvalue weighted by Crippen LogP contribution is -2.34. The molecule has 0 spiro atoms. The molecular formula is C28H29F3N2O4. The number of hydrogen-bond acceptors (Lipinski definition) is 5. The van der Waals surface area contributed by atoms with Gasteiger partial charge in [0.15, 0.2) is 5.75 Å². The average molecular weight is 515 g/mol. The summed E-state index contributed by atoms with van der Waals surface area (Å²) in [5, 5.41) is 4.34. The molecule has 0 atom stereocenters. The van der Waals surface area contributed by atoms with E-state index in [-0.39, 0.29) is 25.5 Å². The van der Waals surface area contributed by atoms with E-state index in [0.717, 1.165) is 24.5 Å². The molecule has 3 aromatic rings. The van der Waals surface area contributed by atoms with Gasteiger partial charge in [-0.2, -0.15) is 18.3 Å². The highest BCUT2D eigenvalue weighted by Gasteiger charge is 2.39. The van der Waals surface area contributed by atoms with Crippen LogP contribution in [-0.2, 0) is 29.5 Å². The van der Waals surface area contributed by atoms with Crippen LogP contribution in [0, 0.1) is 6.92 Å². The minimum atomic E-state index is -4.46. The van der Waals surface area contributed by atoms with E-state index in [4.69, 9.17) is 9.47 Å². The number of halogens is 3. The zero-order valence-corrected chi connectivity index (χ0v) is 20.8. The maximum atomic E-state index is 13.5. The van der Waals surface area contributed by atoms with Gasteiger partial charge in [-0.15, -0.1) is 0 Å². The molecular weight excluding hydrogens is 485 g/mol. The lowest BCUT2D eigenvalue weighted by molar-refractivity contribution is -0.137. The Bertz CT molecular complexity index is 1310. The third-order valence-electron chi connectivity index (χ3n) is 6.87. The van der Waals surface area contributed by atoms with Gasteiger partial charge in [0.25, 0.3) is 5.43 Å². The summed E-state index contributed by atoms with van der Waals surface area (Å²) < 4.78 is 52.9. The van der Waals surface area contributed by atoms with E-state index in [1.807, 2.05) is 30.3 Å². The van der Waals surface area contributed by atoms with Crippen molar-refractivity contribution < 1.29 is 27.4 Å². The van der Waals surface area contributed by atoms with Crippen LogP contribution in [0.15, 0.2) is 59.4 Å². The number of hydrogen-bond donors (Lipinski definition) is 0. The van der Waals surface area contributed by atoms with Gasteiger partial charge < -0.3 is 9.47 Å². The maximum absolute atomic E-state index is 13.5. The highest BCUT2D eigenvalue weighted by molar-refractivity contribution is 5.87. The second-order valence-electron chi connectivity index (χ2n) is 9.31. The Morgan fingerprint density at radius 1 is 1.08 bits per heavy atom. The number of carbonyl (C=O) groups excluding carboxylic acids is 1. The molecule has 1 aromatic heterocycles. The maximum Gasteiger partial charge on any atom is 0.416 e. The standard InChI is InChI=1S/C28H29F3N2O4/c1-3-36-26(35)23-24(34)25(37-17-20-10-5-4-6-11-20)19(2)33(32-23)18-27(14-7-8-15-27)21-12-9-13-22(16-21)28(29,30)31/h4-6,9-13,16H,3,7-8,14-15,17-18H2,1-2H3. The van der Waals surface area contributed by atoms with Crippen LogP contribution in [0.1, 0.15) is 65.5 Å². The van der Waals surface area contributed by atoms with Gasteiger partial charge >= 0.3 is 12.1 Å². The van der Waals surface area contributed by atoms with Crippen molar-refractivity contribution >= 4 is 5.97 Å². The van der Waals surface area contributed by atoms with E-state index < -0.39 is 34.2 Å². The van der Waals surface area contributed by atoms with E-state index in [0.29, 0.717) is 24.1 Å². The number of nitrogens with zero attached hydrogens (tertiary/aromatic N) is 2. The molecule has 1 aliphatic carbocycles. The van der Waals surface area contributed by atoms with Gasteiger partial charge in [0.05, 0.1) is 24.4 Å². The molecule has 0 N–H and O–H groups in total. The fraction of sp³-hybridized carbons (Fsp3) is 0.393. The summed E-state index contributed by atoms with van der Waals surface area (Å²) in [4.78, 5) is 25.8. The van der Waals surface area contributed by atoms with Crippen molar-refractivity contribution in [3.05, 3.63) is 92.9 Å². The van der Waals surface area contributed by atoms with Crippen LogP contribution in [0.25, 0.3) is 0 Å². The lowest BCUT2D eigenvalue weighted by Gasteiger charge is -2.32. The predicted octanol–water partition coefficient (Wildman–Crippen LogP) is 5.84. The summed E-state index contributed by atoms with van der Waals surface area (Å²) in [6, 6.07) is 14.6. The van der Waals surface area contributed by atoms with Crippen LogP contribution in [0.4, 0.5) is 13.2 Å².